The molecule has 5 rings (SSSR count). The van der Waals surface area contributed by atoms with Crippen molar-refractivity contribution in [1.82, 2.24) is 9.88 Å². The van der Waals surface area contributed by atoms with Crippen LogP contribution < -0.4 is 14.8 Å². The molecule has 1 amide bonds. The summed E-state index contributed by atoms with van der Waals surface area (Å²) < 4.78 is 11.0. The van der Waals surface area contributed by atoms with Gasteiger partial charge in [0.1, 0.15) is 10.7 Å². The highest BCUT2D eigenvalue weighted by molar-refractivity contribution is 7.09. The van der Waals surface area contributed by atoms with Gasteiger partial charge in [-0.3, -0.25) is 9.69 Å². The standard InChI is InChI=1S/C28H26ClN3O3S/c1-18-3-9-23(11-19(18)2)30-28(33)24-16-36-27(31-24)15-32(13-20-4-7-22(29)8-5-20)14-21-6-10-25-26(12-21)35-17-34-25/h3-12,16H,13-15,17H2,1-2H3,(H,30,33). The summed E-state index contributed by atoms with van der Waals surface area (Å²) in [7, 11) is 0. The van der Waals surface area contributed by atoms with Crippen LogP contribution in [0.25, 0.3) is 0 Å². The Morgan fingerprint density at radius 3 is 2.50 bits per heavy atom. The first-order valence-corrected chi connectivity index (χ1v) is 12.9. The molecule has 0 saturated heterocycles. The van der Waals surface area contributed by atoms with Crippen LogP contribution in [0.1, 0.15) is 37.7 Å². The van der Waals surface area contributed by atoms with E-state index in [2.05, 4.69) is 15.2 Å². The Bertz CT molecular complexity index is 1390. The van der Waals surface area contributed by atoms with E-state index >= 15 is 0 Å². The number of nitrogens with zero attached hydrogens (tertiary/aromatic N) is 2. The summed E-state index contributed by atoms with van der Waals surface area (Å²) in [5, 5.41) is 6.35. The van der Waals surface area contributed by atoms with E-state index in [1.807, 2.05) is 79.9 Å². The van der Waals surface area contributed by atoms with E-state index in [-0.39, 0.29) is 12.7 Å². The minimum Gasteiger partial charge on any atom is -0.454 e. The van der Waals surface area contributed by atoms with Gasteiger partial charge >= 0.3 is 0 Å². The van der Waals surface area contributed by atoms with Gasteiger partial charge in [-0.1, -0.05) is 35.9 Å². The number of benzene rings is 3. The first-order chi connectivity index (χ1) is 17.4. The van der Waals surface area contributed by atoms with Gasteiger partial charge in [0.25, 0.3) is 5.91 Å². The van der Waals surface area contributed by atoms with Gasteiger partial charge in [0.05, 0.1) is 6.54 Å². The second-order valence-electron chi connectivity index (χ2n) is 8.84. The van der Waals surface area contributed by atoms with Gasteiger partial charge < -0.3 is 14.8 Å². The summed E-state index contributed by atoms with van der Waals surface area (Å²) in [4.78, 5) is 19.7. The van der Waals surface area contributed by atoms with Crippen molar-refractivity contribution in [2.45, 2.75) is 33.5 Å². The Kier molecular flexibility index (Phi) is 7.23. The lowest BCUT2D eigenvalue weighted by atomic mass is 10.1. The predicted octanol–water partition coefficient (Wildman–Crippen LogP) is 6.60. The second-order valence-corrected chi connectivity index (χ2v) is 10.2. The molecule has 0 radical (unpaired) electrons. The number of hydrogen-bond donors (Lipinski definition) is 1. The second kappa shape index (κ2) is 10.7. The summed E-state index contributed by atoms with van der Waals surface area (Å²) >= 11 is 7.57. The van der Waals surface area contributed by atoms with E-state index < -0.39 is 0 Å². The van der Waals surface area contributed by atoms with Gasteiger partial charge in [-0.2, -0.15) is 0 Å². The number of aryl methyl sites for hydroxylation is 2. The third-order valence-electron chi connectivity index (χ3n) is 6.07. The lowest BCUT2D eigenvalue weighted by molar-refractivity contribution is 0.102. The van der Waals surface area contributed by atoms with Crippen LogP contribution in [0.15, 0.2) is 66.0 Å². The van der Waals surface area contributed by atoms with Crippen LogP contribution in [0.2, 0.25) is 5.02 Å². The Morgan fingerprint density at radius 2 is 1.69 bits per heavy atom. The van der Waals surface area contributed by atoms with Gasteiger partial charge in [-0.15, -0.1) is 11.3 Å². The predicted molar refractivity (Wildman–Crippen MR) is 143 cm³/mol. The summed E-state index contributed by atoms with van der Waals surface area (Å²) in [5.74, 6) is 1.32. The molecule has 1 aliphatic rings. The Hall–Kier alpha value is -3.39. The summed E-state index contributed by atoms with van der Waals surface area (Å²) in [5.41, 5.74) is 5.76. The van der Waals surface area contributed by atoms with E-state index in [1.165, 1.54) is 16.9 Å². The largest absolute Gasteiger partial charge is 0.454 e. The molecule has 1 aromatic heterocycles. The summed E-state index contributed by atoms with van der Waals surface area (Å²) in [6.07, 6.45) is 0. The minimum atomic E-state index is -0.208. The SMILES string of the molecule is Cc1ccc(NC(=O)c2csc(CN(Cc3ccc(Cl)cc3)Cc3ccc4c(c3)OCO4)n2)cc1C. The lowest BCUT2D eigenvalue weighted by Gasteiger charge is -2.22. The molecular weight excluding hydrogens is 494 g/mol. The molecule has 0 aliphatic carbocycles. The monoisotopic (exact) mass is 519 g/mol. The summed E-state index contributed by atoms with van der Waals surface area (Å²) in [6.45, 7) is 6.31. The number of ether oxygens (including phenoxy) is 2. The van der Waals surface area contributed by atoms with Gasteiger partial charge in [0.15, 0.2) is 11.5 Å². The molecule has 0 bridgehead atoms. The van der Waals surface area contributed by atoms with Gasteiger partial charge in [0.2, 0.25) is 6.79 Å². The Balaban J connectivity index is 1.31. The number of halogens is 1. The molecule has 36 heavy (non-hydrogen) atoms. The number of aromatic nitrogens is 1. The Morgan fingerprint density at radius 1 is 0.944 bits per heavy atom. The van der Waals surface area contributed by atoms with Gasteiger partial charge in [0, 0.05) is 29.2 Å². The van der Waals surface area contributed by atoms with Crippen molar-refractivity contribution in [2.75, 3.05) is 12.1 Å². The summed E-state index contributed by atoms with van der Waals surface area (Å²) in [6, 6.07) is 19.7. The van der Waals surface area contributed by atoms with Gasteiger partial charge in [-0.05, 0) is 72.5 Å². The number of amides is 1. The van der Waals surface area contributed by atoms with Crippen LogP contribution in [-0.4, -0.2) is 22.6 Å². The molecule has 1 aliphatic heterocycles. The van der Waals surface area contributed by atoms with E-state index in [0.29, 0.717) is 30.4 Å². The number of carbonyl (C=O) groups is 1. The van der Waals surface area contributed by atoms with Crippen molar-refractivity contribution in [1.29, 1.82) is 0 Å². The van der Waals surface area contributed by atoms with Crippen molar-refractivity contribution in [3.8, 4) is 11.5 Å². The minimum absolute atomic E-state index is 0.208. The van der Waals surface area contributed by atoms with Crippen LogP contribution in [0.3, 0.4) is 0 Å². The van der Waals surface area contributed by atoms with E-state index in [1.54, 1.807) is 0 Å². The number of nitrogens with one attached hydrogen (secondary N) is 1. The Labute approximate surface area is 219 Å². The van der Waals surface area contributed by atoms with E-state index in [0.717, 1.165) is 38.9 Å². The molecule has 184 valence electrons. The molecule has 6 nitrogen and oxygen atoms in total. The zero-order chi connectivity index (χ0) is 25.1. The van der Waals surface area contributed by atoms with Crippen molar-refractivity contribution >= 4 is 34.5 Å². The van der Waals surface area contributed by atoms with Crippen molar-refractivity contribution in [3.63, 3.8) is 0 Å². The quantitative estimate of drug-likeness (QED) is 0.284. The molecule has 1 N–H and O–H groups in total. The van der Waals surface area contributed by atoms with Crippen LogP contribution in [-0.2, 0) is 19.6 Å². The molecule has 0 fully saturated rings. The van der Waals surface area contributed by atoms with Crippen molar-refractivity contribution in [2.24, 2.45) is 0 Å². The lowest BCUT2D eigenvalue weighted by Crippen LogP contribution is -2.22. The molecule has 3 aromatic carbocycles. The molecule has 2 heterocycles. The highest BCUT2D eigenvalue weighted by Crippen LogP contribution is 2.33. The normalized spacial score (nSPS) is 12.2. The fourth-order valence-corrected chi connectivity index (χ4v) is 4.95. The van der Waals surface area contributed by atoms with E-state index in [9.17, 15) is 4.79 Å². The molecule has 0 unspecified atom stereocenters. The smallest absolute Gasteiger partial charge is 0.275 e. The number of hydrogen-bond acceptors (Lipinski definition) is 6. The fraction of sp³-hybridized carbons (Fsp3) is 0.214. The average Bonchev–Trinajstić information content (AvgIpc) is 3.52. The molecule has 4 aromatic rings. The first kappa shape index (κ1) is 24.3. The van der Waals surface area contributed by atoms with Crippen molar-refractivity contribution < 1.29 is 14.3 Å². The highest BCUT2D eigenvalue weighted by atomic mass is 35.5. The molecule has 0 spiro atoms. The number of carbonyl (C=O) groups excluding carboxylic acids is 1. The van der Waals surface area contributed by atoms with Crippen LogP contribution >= 0.6 is 22.9 Å². The zero-order valence-corrected chi connectivity index (χ0v) is 21.7. The third kappa shape index (κ3) is 5.87. The van der Waals surface area contributed by atoms with Gasteiger partial charge in [-0.25, -0.2) is 4.98 Å². The number of thiazole rings is 1. The topological polar surface area (TPSA) is 63.7 Å². The molecular formula is C28H26ClN3O3S. The number of rotatable bonds is 8. The molecule has 0 atom stereocenters. The van der Waals surface area contributed by atoms with Crippen LogP contribution in [0.5, 0.6) is 11.5 Å². The number of fused-ring (bicyclic) bond motifs is 1. The molecule has 0 saturated carbocycles. The maximum Gasteiger partial charge on any atom is 0.275 e. The third-order valence-corrected chi connectivity index (χ3v) is 7.16. The maximum atomic E-state index is 12.8. The molecule has 8 heteroatoms. The maximum absolute atomic E-state index is 12.8. The number of anilines is 1. The van der Waals surface area contributed by atoms with Crippen molar-refractivity contribution in [3.05, 3.63) is 104 Å². The van der Waals surface area contributed by atoms with Crippen LogP contribution in [0, 0.1) is 13.8 Å². The zero-order valence-electron chi connectivity index (χ0n) is 20.1. The van der Waals surface area contributed by atoms with E-state index in [4.69, 9.17) is 21.1 Å². The fourth-order valence-electron chi connectivity index (χ4n) is 4.01. The average molecular weight is 520 g/mol. The van der Waals surface area contributed by atoms with Crippen LogP contribution in [0.4, 0.5) is 5.69 Å². The highest BCUT2D eigenvalue weighted by Gasteiger charge is 2.17. The first-order valence-electron chi connectivity index (χ1n) is 11.6.